The van der Waals surface area contributed by atoms with E-state index in [0.717, 1.165) is 29.8 Å². The molecule has 0 aliphatic rings. The van der Waals surface area contributed by atoms with Crippen molar-refractivity contribution in [2.75, 3.05) is 25.6 Å². The summed E-state index contributed by atoms with van der Waals surface area (Å²) in [5.74, 6) is 1.99. The van der Waals surface area contributed by atoms with E-state index in [1.54, 1.807) is 48.5 Å². The molecule has 7 heteroatoms. The molecule has 3 aromatic carbocycles. The lowest BCUT2D eigenvalue weighted by Gasteiger charge is -2.11. The van der Waals surface area contributed by atoms with Gasteiger partial charge in [0.2, 0.25) is 0 Å². The fraction of sp³-hybridized carbons (Fsp3) is 0.241. The minimum Gasteiger partial charge on any atom is -0.462 e. The Hall–Kier alpha value is -4.44. The summed E-state index contributed by atoms with van der Waals surface area (Å²) in [4.78, 5) is 26.6. The summed E-state index contributed by atoms with van der Waals surface area (Å²) in [6, 6.07) is 21.7. The molecule has 7 nitrogen and oxygen atoms in total. The van der Waals surface area contributed by atoms with Crippen LogP contribution in [-0.2, 0) is 11.3 Å². The van der Waals surface area contributed by atoms with E-state index in [4.69, 9.17) is 11.2 Å². The Morgan fingerprint density at radius 1 is 0.861 bits per heavy atom. The van der Waals surface area contributed by atoms with Crippen molar-refractivity contribution in [2.45, 2.75) is 25.8 Å². The van der Waals surface area contributed by atoms with Crippen molar-refractivity contribution in [3.8, 4) is 12.3 Å². The maximum atomic E-state index is 12.5. The van der Waals surface area contributed by atoms with Crippen molar-refractivity contribution < 1.29 is 14.3 Å². The van der Waals surface area contributed by atoms with E-state index < -0.39 is 0 Å². The van der Waals surface area contributed by atoms with Crippen molar-refractivity contribution in [3.63, 3.8) is 0 Å². The zero-order valence-electron chi connectivity index (χ0n) is 20.6. The van der Waals surface area contributed by atoms with Crippen LogP contribution >= 0.6 is 0 Å². The molecule has 0 aliphatic heterocycles. The second kappa shape index (κ2) is 13.4. The maximum absolute atomic E-state index is 12.5. The van der Waals surface area contributed by atoms with Gasteiger partial charge in [-0.05, 0) is 79.1 Å². The van der Waals surface area contributed by atoms with Crippen molar-refractivity contribution in [1.29, 1.82) is 0 Å². The topological polar surface area (TPSA) is 83.4 Å². The average molecular weight is 483 g/mol. The number of carbonyl (C=O) groups excluding carboxylic acids is 2. The highest BCUT2D eigenvalue weighted by Gasteiger charge is 2.08. The normalized spacial score (nSPS) is 10.6. The molecule has 0 saturated carbocycles. The van der Waals surface area contributed by atoms with Gasteiger partial charge in [-0.15, -0.1) is 12.3 Å². The van der Waals surface area contributed by atoms with Crippen LogP contribution in [0.5, 0.6) is 0 Å². The number of anilines is 1. The summed E-state index contributed by atoms with van der Waals surface area (Å²) >= 11 is 0. The Morgan fingerprint density at radius 3 is 2.03 bits per heavy atom. The van der Waals surface area contributed by atoms with Gasteiger partial charge in [0, 0.05) is 38.3 Å². The van der Waals surface area contributed by atoms with E-state index in [9.17, 15) is 9.59 Å². The number of amides is 1. The molecule has 1 amide bonds. The fourth-order valence-corrected chi connectivity index (χ4v) is 3.23. The van der Waals surface area contributed by atoms with E-state index >= 15 is 0 Å². The molecule has 0 fully saturated rings. The molecule has 1 N–H and O–H groups in total. The smallest absolute Gasteiger partial charge is 0.338 e. The van der Waals surface area contributed by atoms with Crippen LogP contribution in [0.2, 0.25) is 0 Å². The first-order chi connectivity index (χ1) is 17.5. The van der Waals surface area contributed by atoms with Gasteiger partial charge in [0.1, 0.15) is 0 Å². The van der Waals surface area contributed by atoms with E-state index in [0.29, 0.717) is 36.4 Å². The number of esters is 1. The Balaban J connectivity index is 1.46. The fourth-order valence-electron chi connectivity index (χ4n) is 3.23. The van der Waals surface area contributed by atoms with Crippen molar-refractivity contribution in [3.05, 3.63) is 89.5 Å². The molecule has 0 saturated heterocycles. The summed E-state index contributed by atoms with van der Waals surface area (Å²) in [5, 5.41) is 11.4. The highest BCUT2D eigenvalue weighted by atomic mass is 16.5. The molecule has 0 spiro atoms. The van der Waals surface area contributed by atoms with Crippen LogP contribution in [0.15, 0.2) is 83.0 Å². The molecule has 0 unspecified atom stereocenters. The lowest BCUT2D eigenvalue weighted by molar-refractivity contribution is 0.0498. The predicted octanol–water partition coefficient (Wildman–Crippen LogP) is 6.06. The van der Waals surface area contributed by atoms with E-state index in [2.05, 4.69) is 21.5 Å². The molecule has 0 radical (unpaired) electrons. The zero-order valence-corrected chi connectivity index (χ0v) is 20.6. The SMILES string of the molecule is C#CCCCCOC(=O)c1ccc(CNC(=O)c2ccc(N=Nc3ccc(N(C)C)cc3)cc2)cc1. The zero-order chi connectivity index (χ0) is 25.8. The van der Waals surface area contributed by atoms with Gasteiger partial charge in [-0.1, -0.05) is 12.1 Å². The number of hydrogen-bond donors (Lipinski definition) is 1. The number of carbonyl (C=O) groups is 2. The molecule has 3 rings (SSSR count). The highest BCUT2D eigenvalue weighted by molar-refractivity contribution is 5.94. The van der Waals surface area contributed by atoms with Crippen LogP contribution in [0, 0.1) is 12.3 Å². The molecular formula is C29H30N4O3. The third-order valence-corrected chi connectivity index (χ3v) is 5.37. The maximum Gasteiger partial charge on any atom is 0.338 e. The van der Waals surface area contributed by atoms with Crippen LogP contribution in [0.1, 0.15) is 45.5 Å². The largest absolute Gasteiger partial charge is 0.462 e. The van der Waals surface area contributed by atoms with Gasteiger partial charge in [0.05, 0.1) is 23.5 Å². The first-order valence-corrected chi connectivity index (χ1v) is 11.7. The number of benzene rings is 3. The van der Waals surface area contributed by atoms with Gasteiger partial charge in [-0.25, -0.2) is 4.79 Å². The van der Waals surface area contributed by atoms with Gasteiger partial charge in [0.15, 0.2) is 0 Å². The second-order valence-electron chi connectivity index (χ2n) is 8.33. The molecule has 0 heterocycles. The Bertz CT molecular complexity index is 1210. The summed E-state index contributed by atoms with van der Waals surface area (Å²) < 4.78 is 5.24. The number of unbranched alkanes of at least 4 members (excludes halogenated alkanes) is 2. The Labute approximate surface area is 212 Å². The number of hydrogen-bond acceptors (Lipinski definition) is 6. The third kappa shape index (κ3) is 8.10. The molecule has 0 bridgehead atoms. The third-order valence-electron chi connectivity index (χ3n) is 5.37. The lowest BCUT2D eigenvalue weighted by atomic mass is 10.1. The van der Waals surface area contributed by atoms with Gasteiger partial charge in [0.25, 0.3) is 5.91 Å². The number of nitrogens with zero attached hydrogens (tertiary/aromatic N) is 3. The Kier molecular flexibility index (Phi) is 9.78. The molecule has 36 heavy (non-hydrogen) atoms. The van der Waals surface area contributed by atoms with Gasteiger partial charge in [-0.3, -0.25) is 4.79 Å². The van der Waals surface area contributed by atoms with Gasteiger partial charge in [-0.2, -0.15) is 10.2 Å². The minimum atomic E-state index is -0.367. The summed E-state index contributed by atoms with van der Waals surface area (Å²) in [5.41, 5.74) is 4.36. The van der Waals surface area contributed by atoms with Crippen LogP contribution in [0.4, 0.5) is 17.1 Å². The summed E-state index contributed by atoms with van der Waals surface area (Å²) in [6.45, 7) is 0.688. The van der Waals surface area contributed by atoms with E-state index in [1.807, 2.05) is 43.3 Å². The highest BCUT2D eigenvalue weighted by Crippen LogP contribution is 2.21. The monoisotopic (exact) mass is 482 g/mol. The van der Waals surface area contributed by atoms with E-state index in [-0.39, 0.29) is 11.9 Å². The number of azo groups is 1. The quantitative estimate of drug-likeness (QED) is 0.156. The standard InChI is InChI=1S/C29H30N4O3/c1-4-5-6-7-20-36-29(35)24-10-8-22(9-11-24)21-30-28(34)23-12-14-25(15-13-23)31-32-26-16-18-27(19-17-26)33(2)3/h1,8-19H,5-7,20-21H2,2-3H3,(H,30,34). The lowest BCUT2D eigenvalue weighted by Crippen LogP contribution is -2.22. The van der Waals surface area contributed by atoms with Crippen LogP contribution < -0.4 is 10.2 Å². The van der Waals surface area contributed by atoms with E-state index in [1.165, 1.54) is 0 Å². The van der Waals surface area contributed by atoms with Gasteiger partial charge < -0.3 is 15.0 Å². The number of ether oxygens (including phenoxy) is 1. The molecular weight excluding hydrogens is 452 g/mol. The van der Waals surface area contributed by atoms with Crippen molar-refractivity contribution in [2.24, 2.45) is 10.2 Å². The van der Waals surface area contributed by atoms with Crippen LogP contribution in [0.25, 0.3) is 0 Å². The average Bonchev–Trinajstić information content (AvgIpc) is 2.91. The summed E-state index contributed by atoms with van der Waals surface area (Å²) in [7, 11) is 3.96. The molecule has 0 atom stereocenters. The number of terminal acetylenes is 1. The van der Waals surface area contributed by atoms with Crippen molar-refractivity contribution >= 4 is 28.9 Å². The second-order valence-corrected chi connectivity index (χ2v) is 8.33. The first kappa shape index (κ1) is 26.2. The van der Waals surface area contributed by atoms with Crippen molar-refractivity contribution in [1.82, 2.24) is 5.32 Å². The molecule has 3 aromatic rings. The van der Waals surface area contributed by atoms with Crippen LogP contribution in [-0.4, -0.2) is 32.6 Å². The van der Waals surface area contributed by atoms with Crippen LogP contribution in [0.3, 0.4) is 0 Å². The molecule has 0 aliphatic carbocycles. The minimum absolute atomic E-state index is 0.201. The van der Waals surface area contributed by atoms with Gasteiger partial charge >= 0.3 is 5.97 Å². The summed E-state index contributed by atoms with van der Waals surface area (Å²) in [6.07, 6.45) is 7.46. The Morgan fingerprint density at radius 2 is 1.44 bits per heavy atom. The number of nitrogens with one attached hydrogen (secondary N) is 1. The molecule has 184 valence electrons. The predicted molar refractivity (Wildman–Crippen MR) is 142 cm³/mol. The number of rotatable bonds is 11. The molecule has 0 aromatic heterocycles. The first-order valence-electron chi connectivity index (χ1n) is 11.7.